The van der Waals surface area contributed by atoms with Crippen LogP contribution in [-0.2, 0) is 9.30 Å². The van der Waals surface area contributed by atoms with E-state index in [-0.39, 0.29) is 6.61 Å². The van der Waals surface area contributed by atoms with Gasteiger partial charge in [0.1, 0.15) is 0 Å². The fourth-order valence-corrected chi connectivity index (χ4v) is 2.66. The van der Waals surface area contributed by atoms with Crippen LogP contribution in [-0.4, -0.2) is 39.1 Å². The number of ether oxygens (including phenoxy) is 1. The summed E-state index contributed by atoms with van der Waals surface area (Å²) in [7, 11) is -4.64. The van der Waals surface area contributed by atoms with E-state index in [9.17, 15) is 0 Å². The first-order chi connectivity index (χ1) is 12.8. The standard InChI is InChI=1S/C20H40O2.H3O4P/c1-3-4-5-6-7-8-9-10-11-12-13-14-15-16-17-20(2)22-19-18-21;1-5(2,3)4/h10-11,20-21H,3-9,12-19H2,1-2H3;(H3,1,2,3,4)/b11-10-;. The number of aliphatic hydroxyl groups is 1. The van der Waals surface area contributed by atoms with Gasteiger partial charge in [0.2, 0.25) is 0 Å². The molecule has 1 unspecified atom stereocenters. The Bertz CT molecular complexity index is 348. The highest BCUT2D eigenvalue weighted by Crippen LogP contribution is 2.25. The molecule has 0 aromatic carbocycles. The lowest BCUT2D eigenvalue weighted by Crippen LogP contribution is -2.11. The van der Waals surface area contributed by atoms with Crippen molar-refractivity contribution >= 4 is 7.82 Å². The second-order valence-electron chi connectivity index (χ2n) is 6.94. The molecular weight excluding hydrogens is 367 g/mol. The zero-order valence-corrected chi connectivity index (χ0v) is 18.3. The van der Waals surface area contributed by atoms with Crippen molar-refractivity contribution in [2.75, 3.05) is 13.2 Å². The zero-order chi connectivity index (χ0) is 20.8. The summed E-state index contributed by atoms with van der Waals surface area (Å²) in [4.78, 5) is 21.6. The Morgan fingerprint density at radius 3 is 1.78 bits per heavy atom. The maximum absolute atomic E-state index is 8.88. The number of allylic oxidation sites excluding steroid dienone is 2. The SMILES string of the molecule is CCCCCCCC/C=C\CCCCCCC(C)OCCO.O=P(O)(O)O. The molecule has 0 aromatic rings. The molecule has 1 atom stereocenters. The molecule has 0 amide bonds. The van der Waals surface area contributed by atoms with Gasteiger partial charge in [-0.2, -0.15) is 0 Å². The topological polar surface area (TPSA) is 107 Å². The van der Waals surface area contributed by atoms with Crippen molar-refractivity contribution in [1.82, 2.24) is 0 Å². The molecule has 0 fully saturated rings. The van der Waals surface area contributed by atoms with Gasteiger partial charge in [0.25, 0.3) is 0 Å². The van der Waals surface area contributed by atoms with Gasteiger partial charge in [0, 0.05) is 0 Å². The molecule has 0 aliphatic rings. The maximum atomic E-state index is 8.88. The fraction of sp³-hybridized carbons (Fsp3) is 0.900. The molecule has 4 N–H and O–H groups in total. The highest BCUT2D eigenvalue weighted by Gasteiger charge is 2.01. The summed E-state index contributed by atoms with van der Waals surface area (Å²) in [5.41, 5.74) is 0. The summed E-state index contributed by atoms with van der Waals surface area (Å²) < 4.78 is 14.3. The minimum absolute atomic E-state index is 0.134. The molecule has 0 aromatic heterocycles. The highest BCUT2D eigenvalue weighted by molar-refractivity contribution is 7.45. The average molecular weight is 411 g/mol. The van der Waals surface area contributed by atoms with E-state index in [4.69, 9.17) is 29.1 Å². The average Bonchev–Trinajstić information content (AvgIpc) is 2.58. The summed E-state index contributed by atoms with van der Waals surface area (Å²) in [6.07, 6.45) is 22.2. The smallest absolute Gasteiger partial charge is 0.394 e. The van der Waals surface area contributed by atoms with Crippen LogP contribution in [0.4, 0.5) is 0 Å². The van der Waals surface area contributed by atoms with Crippen LogP contribution in [0.15, 0.2) is 12.2 Å². The second-order valence-corrected chi connectivity index (χ2v) is 7.96. The van der Waals surface area contributed by atoms with E-state index in [1.807, 2.05) is 0 Å². The Balaban J connectivity index is 0. The summed E-state index contributed by atoms with van der Waals surface area (Å²) in [6.45, 7) is 4.98. The van der Waals surface area contributed by atoms with Crippen LogP contribution in [0.3, 0.4) is 0 Å². The summed E-state index contributed by atoms with van der Waals surface area (Å²) in [6, 6.07) is 0. The Morgan fingerprint density at radius 2 is 1.30 bits per heavy atom. The molecule has 0 spiro atoms. The van der Waals surface area contributed by atoms with E-state index in [0.29, 0.717) is 12.7 Å². The molecule has 0 rings (SSSR count). The Morgan fingerprint density at radius 1 is 0.852 bits per heavy atom. The molecule has 0 aliphatic heterocycles. The van der Waals surface area contributed by atoms with Gasteiger partial charge in [-0.15, -0.1) is 0 Å². The minimum Gasteiger partial charge on any atom is -0.394 e. The third-order valence-corrected chi connectivity index (χ3v) is 4.12. The van der Waals surface area contributed by atoms with Gasteiger partial charge in [-0.3, -0.25) is 0 Å². The van der Waals surface area contributed by atoms with Gasteiger partial charge in [0.05, 0.1) is 19.3 Å². The first kappa shape index (κ1) is 29.0. The van der Waals surface area contributed by atoms with Crippen LogP contribution < -0.4 is 0 Å². The van der Waals surface area contributed by atoms with E-state index in [1.165, 1.54) is 77.0 Å². The van der Waals surface area contributed by atoms with Crippen LogP contribution in [0.25, 0.3) is 0 Å². The first-order valence-corrected chi connectivity index (χ1v) is 12.0. The second kappa shape index (κ2) is 22.1. The van der Waals surface area contributed by atoms with Gasteiger partial charge in [0.15, 0.2) is 0 Å². The van der Waals surface area contributed by atoms with E-state index in [0.717, 1.165) is 6.42 Å². The number of unbranched alkanes of at least 4 members (excludes halogenated alkanes) is 10. The van der Waals surface area contributed by atoms with Crippen molar-refractivity contribution in [2.45, 2.75) is 103 Å². The molecule has 27 heavy (non-hydrogen) atoms. The van der Waals surface area contributed by atoms with Crippen molar-refractivity contribution in [3.8, 4) is 0 Å². The molecule has 0 saturated carbocycles. The summed E-state index contributed by atoms with van der Waals surface area (Å²) in [5, 5.41) is 8.68. The van der Waals surface area contributed by atoms with Crippen molar-refractivity contribution < 1.29 is 29.1 Å². The van der Waals surface area contributed by atoms with E-state index in [1.54, 1.807) is 0 Å². The van der Waals surface area contributed by atoms with Crippen LogP contribution in [0, 0.1) is 0 Å². The Labute approximate surface area is 166 Å². The van der Waals surface area contributed by atoms with Crippen LogP contribution in [0.2, 0.25) is 0 Å². The molecule has 6 nitrogen and oxygen atoms in total. The Hall–Kier alpha value is -0.230. The third kappa shape index (κ3) is 37.3. The van der Waals surface area contributed by atoms with E-state index < -0.39 is 7.82 Å². The predicted octanol–water partition coefficient (Wildman–Crippen LogP) is 5.10. The van der Waals surface area contributed by atoms with Crippen molar-refractivity contribution in [1.29, 1.82) is 0 Å². The Kier molecular flexibility index (Phi) is 23.7. The fourth-order valence-electron chi connectivity index (χ4n) is 2.66. The maximum Gasteiger partial charge on any atom is 0.466 e. The van der Waals surface area contributed by atoms with Gasteiger partial charge in [-0.05, 0) is 39.0 Å². The van der Waals surface area contributed by atoms with Crippen LogP contribution in [0.5, 0.6) is 0 Å². The number of hydrogen-bond donors (Lipinski definition) is 4. The number of rotatable bonds is 17. The van der Waals surface area contributed by atoms with Gasteiger partial charge < -0.3 is 24.5 Å². The van der Waals surface area contributed by atoms with Crippen molar-refractivity contribution in [3.63, 3.8) is 0 Å². The highest BCUT2D eigenvalue weighted by atomic mass is 31.2. The molecule has 0 bridgehead atoms. The van der Waals surface area contributed by atoms with Crippen molar-refractivity contribution in [2.24, 2.45) is 0 Å². The molecule has 0 radical (unpaired) electrons. The number of hydrogen-bond acceptors (Lipinski definition) is 3. The number of phosphoric acid groups is 1. The lowest BCUT2D eigenvalue weighted by molar-refractivity contribution is 0.0333. The summed E-state index contributed by atoms with van der Waals surface area (Å²) in [5.74, 6) is 0. The van der Waals surface area contributed by atoms with E-state index >= 15 is 0 Å². The quantitative estimate of drug-likeness (QED) is 0.151. The van der Waals surface area contributed by atoms with Gasteiger partial charge in [-0.25, -0.2) is 4.57 Å². The molecule has 164 valence electrons. The predicted molar refractivity (Wildman–Crippen MR) is 112 cm³/mol. The lowest BCUT2D eigenvalue weighted by atomic mass is 10.1. The molecule has 0 aliphatic carbocycles. The first-order valence-electron chi connectivity index (χ1n) is 10.5. The molecule has 0 saturated heterocycles. The monoisotopic (exact) mass is 410 g/mol. The van der Waals surface area contributed by atoms with E-state index in [2.05, 4.69) is 26.0 Å². The lowest BCUT2D eigenvalue weighted by Gasteiger charge is -2.11. The van der Waals surface area contributed by atoms with Crippen LogP contribution >= 0.6 is 7.82 Å². The van der Waals surface area contributed by atoms with Crippen LogP contribution in [0.1, 0.15) is 97.3 Å². The zero-order valence-electron chi connectivity index (χ0n) is 17.4. The van der Waals surface area contributed by atoms with Gasteiger partial charge >= 0.3 is 7.82 Å². The third-order valence-electron chi connectivity index (χ3n) is 4.12. The number of aliphatic hydroxyl groups excluding tert-OH is 1. The normalized spacial score (nSPS) is 12.8. The molecular formula is C20H43O6P. The summed E-state index contributed by atoms with van der Waals surface area (Å²) >= 11 is 0. The van der Waals surface area contributed by atoms with Crippen molar-refractivity contribution in [3.05, 3.63) is 12.2 Å². The molecule has 7 heteroatoms. The van der Waals surface area contributed by atoms with Gasteiger partial charge in [-0.1, -0.05) is 70.4 Å². The minimum atomic E-state index is -4.64. The largest absolute Gasteiger partial charge is 0.466 e. The molecule has 0 heterocycles.